The second-order valence-corrected chi connectivity index (χ2v) is 5.40. The first-order valence-corrected chi connectivity index (χ1v) is 6.85. The molecule has 0 spiro atoms. The number of likely N-dealkylation sites (N-methyl/N-ethyl adjacent to an activating group) is 1. The molecule has 2 N–H and O–H groups in total. The first-order valence-electron chi connectivity index (χ1n) is 6.85. The third kappa shape index (κ3) is 2.58. The van der Waals surface area contributed by atoms with Gasteiger partial charge in [0.25, 0.3) is 0 Å². The fourth-order valence-corrected chi connectivity index (χ4v) is 2.37. The van der Waals surface area contributed by atoms with Crippen molar-refractivity contribution in [3.05, 3.63) is 5.56 Å². The van der Waals surface area contributed by atoms with E-state index in [2.05, 4.69) is 21.9 Å². The fraction of sp³-hybridized carbons (Fsp3) is 0.692. The van der Waals surface area contributed by atoms with E-state index in [0.717, 1.165) is 26.2 Å². The topological polar surface area (TPSA) is 76.6 Å². The summed E-state index contributed by atoms with van der Waals surface area (Å²) in [4.78, 5) is 16.4. The molecule has 1 aliphatic heterocycles. The zero-order valence-electron chi connectivity index (χ0n) is 12.6. The van der Waals surface area contributed by atoms with E-state index in [0.29, 0.717) is 17.2 Å². The molecule has 112 valence electrons. The third-order valence-corrected chi connectivity index (χ3v) is 3.61. The van der Waals surface area contributed by atoms with Crippen molar-refractivity contribution < 1.29 is 9.53 Å². The molecule has 0 amide bonds. The summed E-state index contributed by atoms with van der Waals surface area (Å²) in [5, 5.41) is 4.53. The highest BCUT2D eigenvalue weighted by Crippen LogP contribution is 2.29. The molecule has 7 heteroatoms. The minimum Gasteiger partial charge on any atom is -0.465 e. The number of carbonyl (C=O) groups is 1. The molecule has 1 aromatic heterocycles. The van der Waals surface area contributed by atoms with E-state index >= 15 is 0 Å². The maximum atomic E-state index is 12.0. The third-order valence-electron chi connectivity index (χ3n) is 3.61. The Kier molecular flexibility index (Phi) is 4.17. The van der Waals surface area contributed by atoms with Crippen LogP contribution < -0.4 is 10.6 Å². The van der Waals surface area contributed by atoms with Gasteiger partial charge in [-0.25, -0.2) is 9.48 Å². The number of anilines is 2. The molecule has 1 aromatic rings. The number of methoxy groups -OCH3 is 1. The second kappa shape index (κ2) is 5.70. The van der Waals surface area contributed by atoms with Gasteiger partial charge in [0.1, 0.15) is 11.4 Å². The van der Waals surface area contributed by atoms with Crippen molar-refractivity contribution in [1.29, 1.82) is 0 Å². The first kappa shape index (κ1) is 14.6. The Balaban J connectivity index is 2.40. The number of piperazine rings is 1. The van der Waals surface area contributed by atoms with E-state index < -0.39 is 5.97 Å². The zero-order valence-corrected chi connectivity index (χ0v) is 12.6. The molecule has 0 atom stereocenters. The maximum absolute atomic E-state index is 12.0. The van der Waals surface area contributed by atoms with Crippen molar-refractivity contribution in [3.63, 3.8) is 0 Å². The van der Waals surface area contributed by atoms with Crippen LogP contribution in [0.4, 0.5) is 11.6 Å². The minimum atomic E-state index is -0.427. The predicted octanol–water partition coefficient (Wildman–Crippen LogP) is 0.585. The maximum Gasteiger partial charge on any atom is 0.345 e. The van der Waals surface area contributed by atoms with Gasteiger partial charge in [0.2, 0.25) is 0 Å². The predicted molar refractivity (Wildman–Crippen MR) is 78.1 cm³/mol. The molecule has 20 heavy (non-hydrogen) atoms. The van der Waals surface area contributed by atoms with E-state index in [-0.39, 0.29) is 6.04 Å². The summed E-state index contributed by atoms with van der Waals surface area (Å²) in [7, 11) is 3.45. The van der Waals surface area contributed by atoms with Gasteiger partial charge in [-0.1, -0.05) is 0 Å². The number of nitrogens with two attached hydrogens (primary N) is 1. The highest BCUT2D eigenvalue weighted by Gasteiger charge is 2.28. The van der Waals surface area contributed by atoms with Gasteiger partial charge >= 0.3 is 5.97 Å². The van der Waals surface area contributed by atoms with Gasteiger partial charge in [0.15, 0.2) is 5.82 Å². The molecule has 0 bridgehead atoms. The Labute approximate surface area is 119 Å². The molecular formula is C13H23N5O2. The van der Waals surface area contributed by atoms with Gasteiger partial charge in [-0.3, -0.25) is 0 Å². The summed E-state index contributed by atoms with van der Waals surface area (Å²) in [6.07, 6.45) is 0. The largest absolute Gasteiger partial charge is 0.465 e. The number of rotatable bonds is 3. The number of aromatic nitrogens is 2. The van der Waals surface area contributed by atoms with Crippen LogP contribution in [0.2, 0.25) is 0 Å². The van der Waals surface area contributed by atoms with Crippen molar-refractivity contribution in [3.8, 4) is 0 Å². The monoisotopic (exact) mass is 281 g/mol. The SMILES string of the molecule is COC(=O)c1c(N2CCN(C)CC2)nn(C(C)C)c1N. The van der Waals surface area contributed by atoms with E-state index in [1.807, 2.05) is 13.8 Å². The molecule has 1 fully saturated rings. The standard InChI is InChI=1S/C13H23N5O2/c1-9(2)18-11(14)10(13(19)20-4)12(15-18)17-7-5-16(3)6-8-17/h9H,5-8,14H2,1-4H3. The minimum absolute atomic E-state index is 0.0969. The summed E-state index contributed by atoms with van der Waals surface area (Å²) in [6.45, 7) is 7.50. The van der Waals surface area contributed by atoms with Crippen LogP contribution in [0, 0.1) is 0 Å². The van der Waals surface area contributed by atoms with Crippen molar-refractivity contribution in [2.75, 3.05) is 51.0 Å². The second-order valence-electron chi connectivity index (χ2n) is 5.40. The summed E-state index contributed by atoms with van der Waals surface area (Å²) in [5.74, 6) is 0.584. The number of esters is 1. The average molecular weight is 281 g/mol. The van der Waals surface area contributed by atoms with Crippen LogP contribution >= 0.6 is 0 Å². The van der Waals surface area contributed by atoms with Crippen LogP contribution in [0.1, 0.15) is 30.2 Å². The summed E-state index contributed by atoms with van der Waals surface area (Å²) in [6, 6.07) is 0.0969. The Bertz CT molecular complexity index is 489. The van der Waals surface area contributed by atoms with Crippen molar-refractivity contribution in [2.24, 2.45) is 0 Å². The normalized spacial score (nSPS) is 16.8. The van der Waals surface area contributed by atoms with Crippen LogP contribution in [0.5, 0.6) is 0 Å². The molecule has 0 unspecified atom stereocenters. The first-order chi connectivity index (χ1) is 9.45. The van der Waals surface area contributed by atoms with Gasteiger partial charge in [-0.15, -0.1) is 0 Å². The Morgan fingerprint density at radius 3 is 2.40 bits per heavy atom. The lowest BCUT2D eigenvalue weighted by Gasteiger charge is -2.32. The molecule has 1 saturated heterocycles. The number of hydrogen-bond donors (Lipinski definition) is 1. The highest BCUT2D eigenvalue weighted by molar-refractivity contribution is 5.99. The van der Waals surface area contributed by atoms with E-state index in [9.17, 15) is 4.79 Å². The molecule has 0 aromatic carbocycles. The molecule has 0 aliphatic carbocycles. The summed E-state index contributed by atoms with van der Waals surface area (Å²) >= 11 is 0. The van der Waals surface area contributed by atoms with Gasteiger partial charge in [0, 0.05) is 32.2 Å². The van der Waals surface area contributed by atoms with E-state index in [1.165, 1.54) is 7.11 Å². The molecule has 0 saturated carbocycles. The number of nitrogens with zero attached hydrogens (tertiary/aromatic N) is 4. The number of ether oxygens (including phenoxy) is 1. The van der Waals surface area contributed by atoms with Crippen LogP contribution in [0.15, 0.2) is 0 Å². The van der Waals surface area contributed by atoms with Crippen LogP contribution in [0.25, 0.3) is 0 Å². The van der Waals surface area contributed by atoms with Gasteiger partial charge in [0.05, 0.1) is 7.11 Å². The average Bonchev–Trinajstić information content (AvgIpc) is 2.76. The van der Waals surface area contributed by atoms with Crippen molar-refractivity contribution >= 4 is 17.6 Å². The van der Waals surface area contributed by atoms with Crippen LogP contribution in [0.3, 0.4) is 0 Å². The van der Waals surface area contributed by atoms with Crippen LogP contribution in [-0.2, 0) is 4.74 Å². The molecular weight excluding hydrogens is 258 g/mol. The summed E-state index contributed by atoms with van der Waals surface area (Å²) < 4.78 is 6.53. The van der Waals surface area contributed by atoms with E-state index in [1.54, 1.807) is 4.68 Å². The molecule has 0 radical (unpaired) electrons. The lowest BCUT2D eigenvalue weighted by molar-refractivity contribution is 0.0602. The number of hydrogen-bond acceptors (Lipinski definition) is 6. The Morgan fingerprint density at radius 1 is 1.30 bits per heavy atom. The molecule has 1 aliphatic rings. The lowest BCUT2D eigenvalue weighted by atomic mass is 10.2. The molecule has 2 rings (SSSR count). The van der Waals surface area contributed by atoms with Gasteiger partial charge in [-0.05, 0) is 20.9 Å². The van der Waals surface area contributed by atoms with Crippen molar-refractivity contribution in [2.45, 2.75) is 19.9 Å². The molecule has 2 heterocycles. The van der Waals surface area contributed by atoms with E-state index in [4.69, 9.17) is 10.5 Å². The van der Waals surface area contributed by atoms with Gasteiger partial charge in [-0.2, -0.15) is 5.10 Å². The Morgan fingerprint density at radius 2 is 1.90 bits per heavy atom. The van der Waals surface area contributed by atoms with Crippen LogP contribution in [-0.4, -0.2) is 61.0 Å². The highest BCUT2D eigenvalue weighted by atomic mass is 16.5. The van der Waals surface area contributed by atoms with Crippen molar-refractivity contribution in [1.82, 2.24) is 14.7 Å². The number of carbonyl (C=O) groups excluding carboxylic acids is 1. The Hall–Kier alpha value is -1.76. The number of nitrogen functional groups attached to an aromatic ring is 1. The fourth-order valence-electron chi connectivity index (χ4n) is 2.37. The van der Waals surface area contributed by atoms with Gasteiger partial charge < -0.3 is 20.3 Å². The molecule has 7 nitrogen and oxygen atoms in total. The smallest absolute Gasteiger partial charge is 0.345 e. The zero-order chi connectivity index (χ0) is 14.9. The quantitative estimate of drug-likeness (QED) is 0.817. The lowest BCUT2D eigenvalue weighted by Crippen LogP contribution is -2.45. The summed E-state index contributed by atoms with van der Waals surface area (Å²) in [5.41, 5.74) is 6.46.